The van der Waals surface area contributed by atoms with Crippen LogP contribution >= 0.6 is 0 Å². The van der Waals surface area contributed by atoms with Crippen molar-refractivity contribution in [2.75, 3.05) is 23.4 Å². The van der Waals surface area contributed by atoms with Crippen LogP contribution in [0.3, 0.4) is 0 Å². The van der Waals surface area contributed by atoms with Crippen LogP contribution in [0.25, 0.3) is 0 Å². The van der Waals surface area contributed by atoms with Gasteiger partial charge in [0.15, 0.2) is 0 Å². The first-order valence-corrected chi connectivity index (χ1v) is 4.84. The van der Waals surface area contributed by atoms with Gasteiger partial charge in [0.2, 0.25) is 0 Å². The van der Waals surface area contributed by atoms with Crippen LogP contribution in [0.15, 0.2) is 24.3 Å². The third-order valence-electron chi connectivity index (χ3n) is 2.92. The molecule has 0 aromatic heterocycles. The Balaban J connectivity index is 2.47. The summed E-state index contributed by atoms with van der Waals surface area (Å²) in [5.41, 5.74) is 2.71. The molecule has 1 aliphatic heterocycles. The average molecular weight is 176 g/mol. The molecule has 1 heterocycles. The summed E-state index contributed by atoms with van der Waals surface area (Å²) >= 11 is 0. The first-order chi connectivity index (χ1) is 6.25. The molecule has 1 aromatic rings. The number of benzene rings is 1. The molecule has 0 saturated heterocycles. The highest BCUT2D eigenvalue weighted by Gasteiger charge is 2.28. The summed E-state index contributed by atoms with van der Waals surface area (Å²) in [6, 6.07) is 8.58. The maximum absolute atomic E-state index is 2.41. The number of hydrogen-bond donors (Lipinski definition) is 0. The van der Waals surface area contributed by atoms with Crippen LogP contribution < -0.4 is 9.80 Å². The van der Waals surface area contributed by atoms with Crippen molar-refractivity contribution < 1.29 is 0 Å². The van der Waals surface area contributed by atoms with Gasteiger partial charge in [-0.3, -0.25) is 0 Å². The highest BCUT2D eigenvalue weighted by molar-refractivity contribution is 5.76. The van der Waals surface area contributed by atoms with Gasteiger partial charge in [-0.05, 0) is 26.0 Å². The monoisotopic (exact) mass is 176 g/mol. The molecule has 70 valence electrons. The molecule has 0 aliphatic carbocycles. The van der Waals surface area contributed by atoms with Gasteiger partial charge in [-0.2, -0.15) is 0 Å². The quantitative estimate of drug-likeness (QED) is 0.648. The van der Waals surface area contributed by atoms with Crippen molar-refractivity contribution >= 4 is 11.4 Å². The second-order valence-electron chi connectivity index (χ2n) is 3.52. The fraction of sp³-hybridized carbons (Fsp3) is 0.455. The van der Waals surface area contributed by atoms with E-state index in [1.165, 1.54) is 11.4 Å². The molecule has 1 aromatic carbocycles. The number of rotatable bonds is 1. The normalized spacial score (nSPS) is 20.7. The van der Waals surface area contributed by atoms with Gasteiger partial charge in [0.1, 0.15) is 0 Å². The van der Waals surface area contributed by atoms with Gasteiger partial charge in [-0.25, -0.2) is 0 Å². The highest BCUT2D eigenvalue weighted by Crippen LogP contribution is 2.37. The van der Waals surface area contributed by atoms with E-state index in [2.05, 4.69) is 55.0 Å². The SMILES string of the molecule is CCN1c2ccccc2N(C)C1C. The van der Waals surface area contributed by atoms with Crippen molar-refractivity contribution in [3.8, 4) is 0 Å². The largest absolute Gasteiger partial charge is 0.353 e. The number of anilines is 2. The minimum atomic E-state index is 0.488. The third kappa shape index (κ3) is 1.09. The molecular weight excluding hydrogens is 160 g/mol. The Morgan fingerprint density at radius 1 is 1.23 bits per heavy atom. The van der Waals surface area contributed by atoms with E-state index in [0.717, 1.165) is 6.54 Å². The second kappa shape index (κ2) is 2.95. The molecule has 0 amide bonds. The lowest BCUT2D eigenvalue weighted by molar-refractivity contribution is 0.673. The van der Waals surface area contributed by atoms with Gasteiger partial charge < -0.3 is 9.80 Å². The Hall–Kier alpha value is -1.18. The van der Waals surface area contributed by atoms with E-state index in [1.54, 1.807) is 0 Å². The first kappa shape index (κ1) is 8.42. The van der Waals surface area contributed by atoms with Crippen LogP contribution in [0.1, 0.15) is 13.8 Å². The molecule has 2 heteroatoms. The van der Waals surface area contributed by atoms with Crippen LogP contribution in [0, 0.1) is 0 Å². The highest BCUT2D eigenvalue weighted by atomic mass is 15.4. The number of nitrogens with zero attached hydrogens (tertiary/aromatic N) is 2. The number of para-hydroxylation sites is 2. The van der Waals surface area contributed by atoms with Crippen molar-refractivity contribution in [1.82, 2.24) is 0 Å². The summed E-state index contributed by atoms with van der Waals surface area (Å²) in [5.74, 6) is 0. The molecule has 2 nitrogen and oxygen atoms in total. The predicted molar refractivity (Wildman–Crippen MR) is 57.3 cm³/mol. The Morgan fingerprint density at radius 3 is 2.46 bits per heavy atom. The van der Waals surface area contributed by atoms with Crippen molar-refractivity contribution in [2.45, 2.75) is 20.0 Å². The standard InChI is InChI=1S/C11H16N2/c1-4-13-9(2)12(3)10-7-5-6-8-11(10)13/h5-9H,4H2,1-3H3. The lowest BCUT2D eigenvalue weighted by Gasteiger charge is -2.26. The Kier molecular flexibility index (Phi) is 1.91. The molecule has 0 saturated carbocycles. The first-order valence-electron chi connectivity index (χ1n) is 4.84. The second-order valence-corrected chi connectivity index (χ2v) is 3.52. The predicted octanol–water partition coefficient (Wildman–Crippen LogP) is 2.31. The zero-order valence-electron chi connectivity index (χ0n) is 8.49. The Morgan fingerprint density at radius 2 is 1.85 bits per heavy atom. The minimum Gasteiger partial charge on any atom is -0.353 e. The van der Waals surface area contributed by atoms with E-state index in [9.17, 15) is 0 Å². The summed E-state index contributed by atoms with van der Waals surface area (Å²) in [7, 11) is 2.15. The van der Waals surface area contributed by atoms with Crippen molar-refractivity contribution in [2.24, 2.45) is 0 Å². The average Bonchev–Trinajstić information content (AvgIpc) is 2.41. The van der Waals surface area contributed by atoms with Crippen molar-refractivity contribution in [1.29, 1.82) is 0 Å². The van der Waals surface area contributed by atoms with Gasteiger partial charge in [0.25, 0.3) is 0 Å². The summed E-state index contributed by atoms with van der Waals surface area (Å²) in [6.07, 6.45) is 0.488. The molecule has 1 atom stereocenters. The van der Waals surface area contributed by atoms with Gasteiger partial charge in [-0.1, -0.05) is 12.1 Å². The molecule has 0 bridgehead atoms. The van der Waals surface area contributed by atoms with E-state index in [0.29, 0.717) is 6.17 Å². The van der Waals surface area contributed by atoms with E-state index < -0.39 is 0 Å². The van der Waals surface area contributed by atoms with Crippen molar-refractivity contribution in [3.63, 3.8) is 0 Å². The maximum Gasteiger partial charge on any atom is 0.0985 e. The molecule has 1 unspecified atom stereocenters. The fourth-order valence-electron chi connectivity index (χ4n) is 2.05. The molecule has 0 radical (unpaired) electrons. The van der Waals surface area contributed by atoms with Gasteiger partial charge in [0, 0.05) is 13.6 Å². The van der Waals surface area contributed by atoms with Crippen LogP contribution in [-0.4, -0.2) is 19.8 Å². The fourth-order valence-corrected chi connectivity index (χ4v) is 2.05. The number of hydrogen-bond acceptors (Lipinski definition) is 2. The lowest BCUT2D eigenvalue weighted by atomic mass is 10.2. The van der Waals surface area contributed by atoms with E-state index in [4.69, 9.17) is 0 Å². The molecule has 0 spiro atoms. The number of fused-ring (bicyclic) bond motifs is 1. The maximum atomic E-state index is 2.41. The Labute approximate surface area is 79.8 Å². The zero-order valence-corrected chi connectivity index (χ0v) is 8.49. The summed E-state index contributed by atoms with van der Waals surface area (Å²) in [4.78, 5) is 4.73. The molecule has 1 aliphatic rings. The summed E-state index contributed by atoms with van der Waals surface area (Å²) in [6.45, 7) is 5.51. The van der Waals surface area contributed by atoms with Gasteiger partial charge in [0.05, 0.1) is 17.5 Å². The van der Waals surface area contributed by atoms with Crippen LogP contribution in [-0.2, 0) is 0 Å². The van der Waals surface area contributed by atoms with E-state index in [-0.39, 0.29) is 0 Å². The molecule has 13 heavy (non-hydrogen) atoms. The smallest absolute Gasteiger partial charge is 0.0985 e. The molecule has 0 fully saturated rings. The van der Waals surface area contributed by atoms with Crippen LogP contribution in [0.4, 0.5) is 11.4 Å². The zero-order chi connectivity index (χ0) is 9.42. The van der Waals surface area contributed by atoms with Crippen LogP contribution in [0.5, 0.6) is 0 Å². The van der Waals surface area contributed by atoms with Crippen molar-refractivity contribution in [3.05, 3.63) is 24.3 Å². The Bertz CT molecular complexity index is 309. The van der Waals surface area contributed by atoms with Gasteiger partial charge in [-0.15, -0.1) is 0 Å². The van der Waals surface area contributed by atoms with Crippen LogP contribution in [0.2, 0.25) is 0 Å². The van der Waals surface area contributed by atoms with Gasteiger partial charge >= 0.3 is 0 Å². The molecule has 2 rings (SSSR count). The third-order valence-corrected chi connectivity index (χ3v) is 2.92. The lowest BCUT2D eigenvalue weighted by Crippen LogP contribution is -2.38. The molecular formula is C11H16N2. The topological polar surface area (TPSA) is 6.48 Å². The van der Waals surface area contributed by atoms with E-state index in [1.807, 2.05) is 0 Å². The minimum absolute atomic E-state index is 0.488. The van der Waals surface area contributed by atoms with E-state index >= 15 is 0 Å². The summed E-state index contributed by atoms with van der Waals surface area (Å²) < 4.78 is 0. The molecule has 0 N–H and O–H groups in total. The summed E-state index contributed by atoms with van der Waals surface area (Å²) in [5, 5.41) is 0.